The molecule has 0 aliphatic rings. The Morgan fingerprint density at radius 2 is 2.00 bits per heavy atom. The molecule has 0 heterocycles. The van der Waals surface area contributed by atoms with Crippen LogP contribution < -0.4 is 11.1 Å². The van der Waals surface area contributed by atoms with E-state index in [0.717, 1.165) is 12.1 Å². The Morgan fingerprint density at radius 3 is 2.47 bits per heavy atom. The smallest absolute Gasteiger partial charge is 0.224 e. The van der Waals surface area contributed by atoms with Gasteiger partial charge in [0.2, 0.25) is 5.91 Å². The average molecular weight is 286 g/mol. The van der Waals surface area contributed by atoms with Gasteiger partial charge >= 0.3 is 0 Å². The van der Waals surface area contributed by atoms with Gasteiger partial charge in [0.1, 0.15) is 11.6 Å². The van der Waals surface area contributed by atoms with E-state index in [1.807, 2.05) is 6.92 Å². The van der Waals surface area contributed by atoms with E-state index in [1.165, 1.54) is 6.07 Å². The molecule has 0 bridgehead atoms. The Labute approximate surface area is 116 Å². The Hall–Kier alpha value is -1.56. The predicted octanol–water partition coefficient (Wildman–Crippen LogP) is 2.08. The second-order valence-electron chi connectivity index (χ2n) is 4.22. The molecule has 1 amide bonds. The maximum atomic E-state index is 13.4. The van der Waals surface area contributed by atoms with Crippen LogP contribution in [-0.4, -0.2) is 16.9 Å². The van der Waals surface area contributed by atoms with Crippen LogP contribution in [0.1, 0.15) is 25.3 Å². The van der Waals surface area contributed by atoms with Crippen molar-refractivity contribution in [2.24, 2.45) is 5.73 Å². The lowest BCUT2D eigenvalue weighted by Gasteiger charge is -2.16. The molecule has 1 aromatic carbocycles. The standard InChI is InChI=1S/C13H16F2N2OS/c1-2-8(6-12(16)19)17-13(18)7-9-10(14)4-3-5-11(9)15/h3-5,8H,2,6-7H2,1H3,(H2,16,19)(H,17,18). The van der Waals surface area contributed by atoms with Gasteiger partial charge in [0.25, 0.3) is 0 Å². The van der Waals surface area contributed by atoms with Gasteiger partial charge < -0.3 is 11.1 Å². The van der Waals surface area contributed by atoms with E-state index >= 15 is 0 Å². The van der Waals surface area contributed by atoms with Gasteiger partial charge in [-0.3, -0.25) is 4.79 Å². The van der Waals surface area contributed by atoms with E-state index in [4.69, 9.17) is 18.0 Å². The summed E-state index contributed by atoms with van der Waals surface area (Å²) in [5.74, 6) is -1.90. The molecule has 0 aliphatic carbocycles. The fourth-order valence-corrected chi connectivity index (χ4v) is 1.88. The first-order valence-electron chi connectivity index (χ1n) is 5.94. The van der Waals surface area contributed by atoms with Crippen molar-refractivity contribution in [1.82, 2.24) is 5.32 Å². The third-order valence-electron chi connectivity index (χ3n) is 2.70. The SMILES string of the molecule is CCC(CC(N)=S)NC(=O)Cc1c(F)cccc1F. The zero-order chi connectivity index (χ0) is 14.4. The lowest BCUT2D eigenvalue weighted by molar-refractivity contribution is -0.121. The lowest BCUT2D eigenvalue weighted by atomic mass is 10.1. The molecule has 0 radical (unpaired) electrons. The van der Waals surface area contributed by atoms with E-state index in [2.05, 4.69) is 5.32 Å². The summed E-state index contributed by atoms with van der Waals surface area (Å²) in [6.45, 7) is 1.87. The molecule has 0 aromatic heterocycles. The van der Waals surface area contributed by atoms with Crippen LogP contribution >= 0.6 is 12.2 Å². The number of benzene rings is 1. The molecule has 19 heavy (non-hydrogen) atoms. The summed E-state index contributed by atoms with van der Waals surface area (Å²) in [7, 11) is 0. The van der Waals surface area contributed by atoms with Crippen LogP contribution in [-0.2, 0) is 11.2 Å². The Balaban J connectivity index is 2.67. The minimum Gasteiger partial charge on any atom is -0.393 e. The molecular weight excluding hydrogens is 270 g/mol. The molecule has 3 N–H and O–H groups in total. The molecule has 0 aliphatic heterocycles. The summed E-state index contributed by atoms with van der Waals surface area (Å²) in [6, 6.07) is 3.30. The highest BCUT2D eigenvalue weighted by atomic mass is 32.1. The zero-order valence-corrected chi connectivity index (χ0v) is 11.4. The Kier molecular flexibility index (Phi) is 5.82. The molecule has 1 unspecified atom stereocenters. The van der Waals surface area contributed by atoms with Crippen molar-refractivity contribution in [3.63, 3.8) is 0 Å². The number of carbonyl (C=O) groups is 1. The fraction of sp³-hybridized carbons (Fsp3) is 0.385. The van der Waals surface area contributed by atoms with E-state index in [0.29, 0.717) is 17.8 Å². The van der Waals surface area contributed by atoms with Gasteiger partial charge in [0.15, 0.2) is 0 Å². The first kappa shape index (κ1) is 15.5. The molecule has 0 saturated carbocycles. The van der Waals surface area contributed by atoms with Crippen molar-refractivity contribution in [3.05, 3.63) is 35.4 Å². The Morgan fingerprint density at radius 1 is 1.42 bits per heavy atom. The van der Waals surface area contributed by atoms with E-state index in [-0.39, 0.29) is 18.0 Å². The summed E-state index contributed by atoms with van der Waals surface area (Å²) in [4.78, 5) is 12.0. The molecule has 1 aromatic rings. The molecule has 6 heteroatoms. The molecule has 3 nitrogen and oxygen atoms in total. The van der Waals surface area contributed by atoms with Crippen LogP contribution in [0.25, 0.3) is 0 Å². The highest BCUT2D eigenvalue weighted by Crippen LogP contribution is 2.12. The van der Waals surface area contributed by atoms with Gasteiger partial charge in [0, 0.05) is 18.0 Å². The molecular formula is C13H16F2N2OS. The molecule has 0 spiro atoms. The summed E-state index contributed by atoms with van der Waals surface area (Å²) in [5.41, 5.74) is 5.17. The number of nitrogens with one attached hydrogen (secondary N) is 1. The molecule has 104 valence electrons. The number of carbonyl (C=O) groups excluding carboxylic acids is 1. The maximum Gasteiger partial charge on any atom is 0.224 e. The third-order valence-corrected chi connectivity index (χ3v) is 2.87. The maximum absolute atomic E-state index is 13.4. The molecule has 0 fully saturated rings. The van der Waals surface area contributed by atoms with Crippen LogP contribution in [0.5, 0.6) is 0 Å². The van der Waals surface area contributed by atoms with Crippen LogP contribution in [0.4, 0.5) is 8.78 Å². The number of hydrogen-bond acceptors (Lipinski definition) is 2. The minimum absolute atomic E-state index is 0.208. The van der Waals surface area contributed by atoms with Gasteiger partial charge in [-0.1, -0.05) is 25.2 Å². The number of thiocarbonyl (C=S) groups is 1. The molecule has 1 rings (SSSR count). The number of halogens is 2. The third kappa shape index (κ3) is 4.90. The largest absolute Gasteiger partial charge is 0.393 e. The molecule has 1 atom stereocenters. The quantitative estimate of drug-likeness (QED) is 0.787. The lowest BCUT2D eigenvalue weighted by Crippen LogP contribution is -2.38. The number of rotatable bonds is 6. The number of hydrogen-bond donors (Lipinski definition) is 2. The predicted molar refractivity (Wildman–Crippen MR) is 73.7 cm³/mol. The van der Waals surface area contributed by atoms with Crippen LogP contribution in [0, 0.1) is 11.6 Å². The van der Waals surface area contributed by atoms with Crippen LogP contribution in [0.2, 0.25) is 0 Å². The van der Waals surface area contributed by atoms with Gasteiger partial charge in [-0.05, 0) is 18.6 Å². The van der Waals surface area contributed by atoms with E-state index in [9.17, 15) is 13.6 Å². The van der Waals surface area contributed by atoms with Crippen LogP contribution in [0.3, 0.4) is 0 Å². The zero-order valence-electron chi connectivity index (χ0n) is 10.6. The van der Waals surface area contributed by atoms with Crippen molar-refractivity contribution in [1.29, 1.82) is 0 Å². The normalized spacial score (nSPS) is 11.9. The number of amides is 1. The minimum atomic E-state index is -0.724. The van der Waals surface area contributed by atoms with E-state index < -0.39 is 17.5 Å². The van der Waals surface area contributed by atoms with Gasteiger partial charge in [0.05, 0.1) is 11.4 Å². The highest BCUT2D eigenvalue weighted by molar-refractivity contribution is 7.80. The summed E-state index contributed by atoms with van der Waals surface area (Å²) in [6.07, 6.45) is 0.673. The first-order chi connectivity index (χ1) is 8.93. The topological polar surface area (TPSA) is 55.1 Å². The summed E-state index contributed by atoms with van der Waals surface area (Å²) in [5, 5.41) is 2.66. The van der Waals surface area contributed by atoms with E-state index in [1.54, 1.807) is 0 Å². The van der Waals surface area contributed by atoms with Gasteiger partial charge in [-0.15, -0.1) is 0 Å². The number of nitrogens with two attached hydrogens (primary N) is 1. The van der Waals surface area contributed by atoms with Crippen molar-refractivity contribution in [3.8, 4) is 0 Å². The average Bonchev–Trinajstić information content (AvgIpc) is 2.32. The van der Waals surface area contributed by atoms with Gasteiger partial charge in [-0.2, -0.15) is 0 Å². The Bertz CT molecular complexity index is 459. The van der Waals surface area contributed by atoms with Crippen molar-refractivity contribution >= 4 is 23.1 Å². The second-order valence-corrected chi connectivity index (χ2v) is 4.74. The first-order valence-corrected chi connectivity index (χ1v) is 6.35. The summed E-state index contributed by atoms with van der Waals surface area (Å²) >= 11 is 4.77. The fourth-order valence-electron chi connectivity index (χ4n) is 1.68. The monoisotopic (exact) mass is 286 g/mol. The van der Waals surface area contributed by atoms with Crippen molar-refractivity contribution < 1.29 is 13.6 Å². The molecule has 0 saturated heterocycles. The van der Waals surface area contributed by atoms with Crippen LogP contribution in [0.15, 0.2) is 18.2 Å². The van der Waals surface area contributed by atoms with Gasteiger partial charge in [-0.25, -0.2) is 8.78 Å². The van der Waals surface area contributed by atoms with Crippen molar-refractivity contribution in [2.75, 3.05) is 0 Å². The summed E-state index contributed by atoms with van der Waals surface area (Å²) < 4.78 is 26.8. The highest BCUT2D eigenvalue weighted by Gasteiger charge is 2.16. The van der Waals surface area contributed by atoms with Crippen molar-refractivity contribution in [2.45, 2.75) is 32.2 Å². The second kappa shape index (κ2) is 7.13.